The van der Waals surface area contributed by atoms with E-state index in [2.05, 4.69) is 79.8 Å². The Kier molecular flexibility index (Phi) is 5.88. The Labute approximate surface area is 184 Å². The minimum atomic E-state index is -1.98. The summed E-state index contributed by atoms with van der Waals surface area (Å²) in [6, 6.07) is 6.51. The summed E-state index contributed by atoms with van der Waals surface area (Å²) in [6.07, 6.45) is 0. The highest BCUT2D eigenvalue weighted by molar-refractivity contribution is 6.74. The molecule has 30 heavy (non-hydrogen) atoms. The van der Waals surface area contributed by atoms with E-state index in [0.29, 0.717) is 12.5 Å². The van der Waals surface area contributed by atoms with Crippen LogP contribution in [0.3, 0.4) is 0 Å². The van der Waals surface area contributed by atoms with Gasteiger partial charge in [-0.15, -0.1) is 0 Å². The van der Waals surface area contributed by atoms with Gasteiger partial charge in [0.2, 0.25) is 5.91 Å². The zero-order valence-corrected chi connectivity index (χ0v) is 21.5. The molecule has 4 atom stereocenters. The Balaban J connectivity index is 2.09. The van der Waals surface area contributed by atoms with Gasteiger partial charge in [0, 0.05) is 11.3 Å². The van der Waals surface area contributed by atoms with E-state index in [4.69, 9.17) is 4.43 Å². The Morgan fingerprint density at radius 2 is 1.90 bits per heavy atom. The molecule has 0 spiro atoms. The smallest absolute Gasteiger partial charge is 0.412 e. The first-order valence-electron chi connectivity index (χ1n) is 11.4. The predicted molar refractivity (Wildman–Crippen MR) is 127 cm³/mol. The molecule has 1 amide bonds. The molecular formula is C24H40BNO3Si. The van der Waals surface area contributed by atoms with Gasteiger partial charge in [-0.3, -0.25) is 4.79 Å². The fraction of sp³-hybridized carbons (Fsp3) is 0.708. The predicted octanol–water partition coefficient (Wildman–Crippen LogP) is 4.97. The Morgan fingerprint density at radius 1 is 1.30 bits per heavy atom. The Hall–Kier alpha value is -1.11. The van der Waals surface area contributed by atoms with Gasteiger partial charge < -0.3 is 14.3 Å². The molecule has 1 aliphatic heterocycles. The minimum Gasteiger partial charge on any atom is -0.432 e. The van der Waals surface area contributed by atoms with Crippen molar-refractivity contribution in [3.05, 3.63) is 34.9 Å². The van der Waals surface area contributed by atoms with Gasteiger partial charge in [-0.05, 0) is 48.9 Å². The third-order valence-electron chi connectivity index (χ3n) is 8.47. The van der Waals surface area contributed by atoms with Gasteiger partial charge in [0.1, 0.15) is 0 Å². The number of fused-ring (bicyclic) bond motifs is 3. The van der Waals surface area contributed by atoms with Crippen molar-refractivity contribution in [3.63, 3.8) is 0 Å². The molecule has 0 bridgehead atoms. The summed E-state index contributed by atoms with van der Waals surface area (Å²) in [5.74, 6) is 0.286. The second kappa shape index (κ2) is 7.49. The van der Waals surface area contributed by atoms with Gasteiger partial charge in [-0.2, -0.15) is 0 Å². The van der Waals surface area contributed by atoms with Crippen LogP contribution in [-0.4, -0.2) is 43.8 Å². The maximum atomic E-state index is 13.8. The van der Waals surface area contributed by atoms with Crippen molar-refractivity contribution in [1.82, 2.24) is 4.81 Å². The fourth-order valence-electron chi connectivity index (χ4n) is 5.31. The lowest BCUT2D eigenvalue weighted by atomic mass is 9.67. The zero-order valence-electron chi connectivity index (χ0n) is 20.5. The lowest BCUT2D eigenvalue weighted by molar-refractivity contribution is -0.130. The quantitative estimate of drug-likeness (QED) is 0.673. The molecule has 1 aliphatic carbocycles. The van der Waals surface area contributed by atoms with Gasteiger partial charge >= 0.3 is 7.05 Å². The summed E-state index contributed by atoms with van der Waals surface area (Å²) in [6.45, 7) is 22.2. The van der Waals surface area contributed by atoms with E-state index in [1.54, 1.807) is 11.6 Å². The van der Waals surface area contributed by atoms with Crippen molar-refractivity contribution in [1.29, 1.82) is 0 Å². The van der Waals surface area contributed by atoms with Crippen LogP contribution in [0.4, 0.5) is 0 Å². The molecule has 1 fully saturated rings. The highest BCUT2D eigenvalue weighted by Crippen LogP contribution is 2.60. The van der Waals surface area contributed by atoms with E-state index in [-0.39, 0.29) is 34.2 Å². The van der Waals surface area contributed by atoms with Gasteiger partial charge in [-0.25, -0.2) is 0 Å². The van der Waals surface area contributed by atoms with Crippen LogP contribution < -0.4 is 0 Å². The van der Waals surface area contributed by atoms with Crippen LogP contribution in [0.5, 0.6) is 0 Å². The highest BCUT2D eigenvalue weighted by Gasteiger charge is 2.63. The summed E-state index contributed by atoms with van der Waals surface area (Å²) >= 11 is 0. The molecule has 1 heterocycles. The maximum absolute atomic E-state index is 13.8. The van der Waals surface area contributed by atoms with Crippen molar-refractivity contribution < 1.29 is 14.2 Å². The zero-order chi connectivity index (χ0) is 22.8. The lowest BCUT2D eigenvalue weighted by Crippen LogP contribution is -2.51. The molecule has 4 nitrogen and oxygen atoms in total. The number of carbonyl (C=O) groups excluding carboxylic acids is 1. The first-order valence-corrected chi connectivity index (χ1v) is 14.3. The summed E-state index contributed by atoms with van der Waals surface area (Å²) < 4.78 is 6.62. The van der Waals surface area contributed by atoms with Crippen molar-refractivity contribution in [2.45, 2.75) is 90.8 Å². The van der Waals surface area contributed by atoms with Crippen LogP contribution in [-0.2, 0) is 14.6 Å². The summed E-state index contributed by atoms with van der Waals surface area (Å²) in [7, 11) is -2.80. The normalized spacial score (nSPS) is 28.9. The molecule has 1 saturated heterocycles. The second-order valence-corrected chi connectivity index (χ2v) is 16.4. The van der Waals surface area contributed by atoms with Crippen molar-refractivity contribution in [2.75, 3.05) is 6.61 Å². The van der Waals surface area contributed by atoms with Crippen molar-refractivity contribution in [2.24, 2.45) is 11.8 Å². The van der Waals surface area contributed by atoms with Crippen LogP contribution in [0, 0.1) is 18.8 Å². The van der Waals surface area contributed by atoms with Crippen LogP contribution in [0.1, 0.15) is 64.2 Å². The van der Waals surface area contributed by atoms with Gasteiger partial charge in [0.25, 0.3) is 0 Å². The average molecular weight is 429 g/mol. The molecule has 0 unspecified atom stereocenters. The third kappa shape index (κ3) is 3.39. The molecule has 1 aromatic carbocycles. The van der Waals surface area contributed by atoms with Gasteiger partial charge in [0.05, 0.1) is 18.6 Å². The average Bonchev–Trinajstić information content (AvgIpc) is 3.04. The molecule has 2 aliphatic rings. The monoisotopic (exact) mass is 429 g/mol. The van der Waals surface area contributed by atoms with E-state index in [1.807, 2.05) is 0 Å². The number of rotatable bonds is 5. The molecule has 6 heteroatoms. The number of hydrogen-bond acceptors (Lipinski definition) is 3. The van der Waals surface area contributed by atoms with Crippen molar-refractivity contribution >= 4 is 21.3 Å². The molecular weight excluding hydrogens is 389 g/mol. The van der Waals surface area contributed by atoms with E-state index in [0.717, 1.165) is 0 Å². The van der Waals surface area contributed by atoms with E-state index < -0.39 is 15.4 Å². The molecule has 166 valence electrons. The Bertz CT molecular complexity index is 832. The largest absolute Gasteiger partial charge is 0.432 e. The lowest BCUT2D eigenvalue weighted by Gasteiger charge is -2.39. The molecule has 0 aromatic heterocycles. The fourth-order valence-corrected chi connectivity index (χ4v) is 6.33. The first kappa shape index (κ1) is 23.6. The third-order valence-corrected chi connectivity index (χ3v) is 13.0. The first-order chi connectivity index (χ1) is 13.6. The van der Waals surface area contributed by atoms with Crippen LogP contribution >= 0.6 is 0 Å². The second-order valence-electron chi connectivity index (χ2n) is 11.5. The molecule has 0 saturated carbocycles. The van der Waals surface area contributed by atoms with E-state index >= 15 is 0 Å². The number of amides is 1. The van der Waals surface area contributed by atoms with E-state index in [1.165, 1.54) is 16.7 Å². The molecule has 3 rings (SSSR count). The standard InChI is InChI=1S/C24H40BNO3Si/c1-15(2)24(7)18-13-16(3)11-12-17(18)20-19(14-29-30(9,10)23(4,5)6)26(25(8)28)22(27)21(20)24/h11-13,15,19-21,28H,14H2,1-10H3/t19-,20-,21-,24+/m1/s1. The number of aryl methyl sites for hydroxylation is 1. The van der Waals surface area contributed by atoms with Gasteiger partial charge in [0.15, 0.2) is 8.32 Å². The minimum absolute atomic E-state index is 0.0554. The topological polar surface area (TPSA) is 49.8 Å². The van der Waals surface area contributed by atoms with Crippen LogP contribution in [0.15, 0.2) is 18.2 Å². The Morgan fingerprint density at radius 3 is 2.40 bits per heavy atom. The van der Waals surface area contributed by atoms with Crippen molar-refractivity contribution in [3.8, 4) is 0 Å². The molecule has 1 aromatic rings. The summed E-state index contributed by atoms with van der Waals surface area (Å²) in [5.41, 5.74) is 3.56. The van der Waals surface area contributed by atoms with Crippen LogP contribution in [0.2, 0.25) is 25.0 Å². The number of carbonyl (C=O) groups is 1. The number of benzene rings is 1. The molecule has 0 radical (unpaired) electrons. The summed E-state index contributed by atoms with van der Waals surface area (Å²) in [5, 5.41) is 10.7. The molecule has 1 N–H and O–H groups in total. The van der Waals surface area contributed by atoms with Gasteiger partial charge in [-0.1, -0.05) is 65.3 Å². The SMILES string of the molecule is CB(O)N1C(=O)[C@H]2[C@H](c3ccc(C)cc3[C@]2(C)C(C)C)[C@H]1CO[Si](C)(C)C(C)(C)C. The number of hydrogen-bond donors (Lipinski definition) is 1. The maximum Gasteiger partial charge on any atom is 0.412 e. The van der Waals surface area contributed by atoms with Crippen LogP contribution in [0.25, 0.3) is 0 Å². The summed E-state index contributed by atoms with van der Waals surface area (Å²) in [4.78, 5) is 15.5. The number of nitrogens with zero attached hydrogens (tertiary/aromatic N) is 1. The highest BCUT2D eigenvalue weighted by atomic mass is 28.4. The van der Waals surface area contributed by atoms with E-state index in [9.17, 15) is 9.82 Å².